The van der Waals surface area contributed by atoms with Crippen molar-refractivity contribution < 1.29 is 22.7 Å². The molecule has 2 aliphatic rings. The number of ether oxygens (including phenoxy) is 1. The number of carbonyl (C=O) groups excluding carboxylic acids is 1. The van der Waals surface area contributed by atoms with Gasteiger partial charge < -0.3 is 20.3 Å². The van der Waals surface area contributed by atoms with Crippen LogP contribution in [0.4, 0.5) is 19.1 Å². The molecule has 0 radical (unpaired) electrons. The lowest BCUT2D eigenvalue weighted by atomic mass is 9.94. The number of likely N-dealkylation sites (tertiary alicyclic amines) is 1. The molecular formula is C25H32F3N5O2. The highest BCUT2D eigenvalue weighted by molar-refractivity contribution is 5.76. The Hall–Kier alpha value is -2.88. The van der Waals surface area contributed by atoms with Crippen molar-refractivity contribution in [2.45, 2.75) is 45.1 Å². The highest BCUT2D eigenvalue weighted by Crippen LogP contribution is 2.31. The smallest absolute Gasteiger partial charge is 0.225 e. The fourth-order valence-corrected chi connectivity index (χ4v) is 4.73. The summed E-state index contributed by atoms with van der Waals surface area (Å²) < 4.78 is 47.1. The second kappa shape index (κ2) is 10.8. The number of carbonyl (C=O) groups is 1. The summed E-state index contributed by atoms with van der Waals surface area (Å²) in [7, 11) is 0. The minimum atomic E-state index is -1.22. The van der Waals surface area contributed by atoms with Gasteiger partial charge in [-0.2, -0.15) is 0 Å². The maximum atomic E-state index is 14.2. The largest absolute Gasteiger partial charge is 0.490 e. The number of nitrogens with two attached hydrogens (primary N) is 1. The first-order chi connectivity index (χ1) is 16.7. The Bertz CT molecular complexity index is 1030. The molecule has 7 nitrogen and oxygen atoms in total. The number of hydrogen-bond acceptors (Lipinski definition) is 6. The monoisotopic (exact) mass is 491 g/mol. The normalized spacial score (nSPS) is 21.1. The second-order valence-corrected chi connectivity index (χ2v) is 9.92. The summed E-state index contributed by atoms with van der Waals surface area (Å²) in [6, 6.07) is 0.948. The van der Waals surface area contributed by atoms with Crippen molar-refractivity contribution in [3.8, 4) is 5.75 Å². The summed E-state index contributed by atoms with van der Waals surface area (Å²) >= 11 is 0. The van der Waals surface area contributed by atoms with Crippen LogP contribution in [-0.2, 0) is 4.79 Å². The van der Waals surface area contributed by atoms with Gasteiger partial charge in [0.2, 0.25) is 11.9 Å². The number of rotatable bonds is 7. The van der Waals surface area contributed by atoms with Crippen molar-refractivity contribution >= 4 is 11.9 Å². The lowest BCUT2D eigenvalue weighted by molar-refractivity contribution is -0.133. The van der Waals surface area contributed by atoms with E-state index in [1.165, 1.54) is 0 Å². The quantitative estimate of drug-likeness (QED) is 0.597. The molecule has 1 amide bonds. The van der Waals surface area contributed by atoms with Crippen molar-refractivity contribution in [3.05, 3.63) is 47.5 Å². The summed E-state index contributed by atoms with van der Waals surface area (Å²) in [6.07, 6.45) is 5.55. The third-order valence-corrected chi connectivity index (χ3v) is 6.74. The minimum Gasteiger partial charge on any atom is -0.490 e. The SMILES string of the molecule is CC(C)CC(=O)N1CCC(COc2cnc(N3CC(N)C(c4cc(F)c(F)cc4F)C3)nc2)CC1. The summed E-state index contributed by atoms with van der Waals surface area (Å²) in [5.41, 5.74) is 6.23. The van der Waals surface area contributed by atoms with Crippen LogP contribution in [0.15, 0.2) is 24.5 Å². The van der Waals surface area contributed by atoms with Crippen LogP contribution in [0.5, 0.6) is 5.75 Å². The predicted octanol–water partition coefficient (Wildman–Crippen LogP) is 3.49. The lowest BCUT2D eigenvalue weighted by Gasteiger charge is -2.32. The van der Waals surface area contributed by atoms with Crippen LogP contribution in [0.2, 0.25) is 0 Å². The fraction of sp³-hybridized carbons (Fsp3) is 0.560. The van der Waals surface area contributed by atoms with E-state index in [0.29, 0.717) is 49.2 Å². The molecule has 4 rings (SSSR count). The van der Waals surface area contributed by atoms with Crippen LogP contribution < -0.4 is 15.4 Å². The molecule has 35 heavy (non-hydrogen) atoms. The first kappa shape index (κ1) is 25.2. The molecule has 10 heteroatoms. The minimum absolute atomic E-state index is 0.0517. The first-order valence-electron chi connectivity index (χ1n) is 12.1. The van der Waals surface area contributed by atoms with Crippen molar-refractivity contribution in [1.29, 1.82) is 0 Å². The number of halogens is 3. The number of piperidine rings is 1. The van der Waals surface area contributed by atoms with E-state index < -0.39 is 29.4 Å². The molecule has 0 saturated carbocycles. The number of benzene rings is 1. The Morgan fingerprint density at radius 3 is 2.40 bits per heavy atom. The van der Waals surface area contributed by atoms with Crippen LogP contribution in [0.1, 0.15) is 44.6 Å². The zero-order valence-electron chi connectivity index (χ0n) is 20.1. The van der Waals surface area contributed by atoms with Gasteiger partial charge in [0, 0.05) is 50.6 Å². The molecule has 2 aliphatic heterocycles. The summed E-state index contributed by atoms with van der Waals surface area (Å²) in [6.45, 7) is 6.78. The van der Waals surface area contributed by atoms with Crippen molar-refractivity contribution in [2.75, 3.05) is 37.7 Å². The van der Waals surface area contributed by atoms with Crippen molar-refractivity contribution in [3.63, 3.8) is 0 Å². The van der Waals surface area contributed by atoms with Crippen LogP contribution in [0, 0.1) is 29.3 Å². The number of nitrogens with zero attached hydrogens (tertiary/aromatic N) is 4. The number of hydrogen-bond donors (Lipinski definition) is 1. The molecule has 0 bridgehead atoms. The average molecular weight is 492 g/mol. The van der Waals surface area contributed by atoms with E-state index in [2.05, 4.69) is 23.8 Å². The third-order valence-electron chi connectivity index (χ3n) is 6.74. The van der Waals surface area contributed by atoms with E-state index in [1.807, 2.05) is 4.90 Å². The summed E-state index contributed by atoms with van der Waals surface area (Å²) in [5.74, 6) is -1.75. The molecule has 0 aliphatic carbocycles. The topological polar surface area (TPSA) is 84.6 Å². The van der Waals surface area contributed by atoms with Gasteiger partial charge in [-0.1, -0.05) is 13.8 Å². The Morgan fingerprint density at radius 1 is 1.09 bits per heavy atom. The third kappa shape index (κ3) is 6.04. The zero-order valence-corrected chi connectivity index (χ0v) is 20.1. The second-order valence-electron chi connectivity index (χ2n) is 9.92. The zero-order chi connectivity index (χ0) is 25.1. The Labute approximate surface area is 203 Å². The highest BCUT2D eigenvalue weighted by atomic mass is 19.2. The van der Waals surface area contributed by atoms with Gasteiger partial charge in [-0.25, -0.2) is 23.1 Å². The number of aromatic nitrogens is 2. The summed E-state index contributed by atoms with van der Waals surface area (Å²) in [4.78, 5) is 24.7. The first-order valence-corrected chi connectivity index (χ1v) is 12.1. The molecule has 1 aromatic heterocycles. The molecule has 2 aromatic rings. The molecule has 2 unspecified atom stereocenters. The average Bonchev–Trinajstić information content (AvgIpc) is 3.21. The molecule has 2 saturated heterocycles. The van der Waals surface area contributed by atoms with Gasteiger partial charge in [0.25, 0.3) is 0 Å². The van der Waals surface area contributed by atoms with Gasteiger partial charge in [-0.05, 0) is 36.3 Å². The lowest BCUT2D eigenvalue weighted by Crippen LogP contribution is -2.40. The van der Waals surface area contributed by atoms with Gasteiger partial charge in [0.15, 0.2) is 17.4 Å². The van der Waals surface area contributed by atoms with E-state index in [0.717, 1.165) is 32.0 Å². The predicted molar refractivity (Wildman–Crippen MR) is 126 cm³/mol. The molecular weight excluding hydrogens is 459 g/mol. The van der Waals surface area contributed by atoms with Crippen molar-refractivity contribution in [1.82, 2.24) is 14.9 Å². The molecule has 190 valence electrons. The van der Waals surface area contributed by atoms with Crippen molar-refractivity contribution in [2.24, 2.45) is 17.6 Å². The van der Waals surface area contributed by atoms with Gasteiger partial charge in [0.05, 0.1) is 19.0 Å². The van der Waals surface area contributed by atoms with E-state index in [4.69, 9.17) is 10.5 Å². The van der Waals surface area contributed by atoms with E-state index in [9.17, 15) is 18.0 Å². The molecule has 3 heterocycles. The van der Waals surface area contributed by atoms with Crippen LogP contribution >= 0.6 is 0 Å². The number of amides is 1. The van der Waals surface area contributed by atoms with Gasteiger partial charge in [-0.15, -0.1) is 0 Å². The molecule has 2 N–H and O–H groups in total. The Balaban J connectivity index is 1.28. The van der Waals surface area contributed by atoms with Gasteiger partial charge >= 0.3 is 0 Å². The van der Waals surface area contributed by atoms with Gasteiger partial charge in [-0.3, -0.25) is 4.79 Å². The molecule has 1 aromatic carbocycles. The maximum absolute atomic E-state index is 14.2. The maximum Gasteiger partial charge on any atom is 0.225 e. The highest BCUT2D eigenvalue weighted by Gasteiger charge is 2.35. The van der Waals surface area contributed by atoms with E-state index in [-0.39, 0.29) is 18.0 Å². The van der Waals surface area contributed by atoms with E-state index in [1.54, 1.807) is 17.3 Å². The number of anilines is 1. The fourth-order valence-electron chi connectivity index (χ4n) is 4.73. The Morgan fingerprint density at radius 2 is 1.74 bits per heavy atom. The van der Waals surface area contributed by atoms with Crippen LogP contribution in [0.25, 0.3) is 0 Å². The van der Waals surface area contributed by atoms with Gasteiger partial charge in [0.1, 0.15) is 5.82 Å². The Kier molecular flexibility index (Phi) is 7.78. The molecule has 0 spiro atoms. The standard InChI is InChI=1S/C25H32F3N5O2/c1-15(2)7-24(34)32-5-3-16(4-6-32)14-35-17-10-30-25(31-11-17)33-12-19(23(29)13-33)18-8-21(27)22(28)9-20(18)26/h8-11,15-16,19,23H,3-7,12-14,29H2,1-2H3. The molecule has 2 atom stereocenters. The summed E-state index contributed by atoms with van der Waals surface area (Å²) in [5, 5.41) is 0. The molecule has 2 fully saturated rings. The van der Waals surface area contributed by atoms with Crippen LogP contribution in [-0.4, -0.2) is 59.6 Å². The van der Waals surface area contributed by atoms with E-state index >= 15 is 0 Å². The van der Waals surface area contributed by atoms with Crippen LogP contribution in [0.3, 0.4) is 0 Å².